The maximum Gasteiger partial charge on any atom is 0.340 e. The number of esters is 1. The molecule has 6 heterocycles. The summed E-state index contributed by atoms with van der Waals surface area (Å²) in [7, 11) is 0. The molecular formula is C43H53FN9O5+. The first-order valence-corrected chi connectivity index (χ1v) is 20.8. The van der Waals surface area contributed by atoms with Crippen LogP contribution in [0.15, 0.2) is 42.7 Å². The summed E-state index contributed by atoms with van der Waals surface area (Å²) in [5.41, 5.74) is 2.99. The average Bonchev–Trinajstić information content (AvgIpc) is 3.90. The first kappa shape index (κ1) is 39.5. The van der Waals surface area contributed by atoms with Crippen molar-refractivity contribution in [3.8, 4) is 11.1 Å². The minimum Gasteiger partial charge on any atom is -0.459 e. The van der Waals surface area contributed by atoms with Crippen molar-refractivity contribution in [2.24, 2.45) is 5.92 Å². The number of nitrogens with one attached hydrogen (secondary N) is 1. The Labute approximate surface area is 336 Å². The zero-order valence-electron chi connectivity index (χ0n) is 33.7. The van der Waals surface area contributed by atoms with Crippen LogP contribution in [0.5, 0.6) is 0 Å². The normalized spacial score (nSPS) is 19.8. The van der Waals surface area contributed by atoms with Crippen LogP contribution in [0.25, 0.3) is 32.9 Å². The van der Waals surface area contributed by atoms with Crippen molar-refractivity contribution in [3.05, 3.63) is 59.9 Å². The Kier molecular flexibility index (Phi) is 11.0. The quantitative estimate of drug-likeness (QED) is 0.118. The number of carbonyl (C=O) groups excluding carboxylic acids is 4. The number of carbonyl (C=O) groups is 4. The van der Waals surface area contributed by atoms with Gasteiger partial charge in [0.05, 0.1) is 36.6 Å². The number of aromatic nitrogens is 7. The second-order valence-electron chi connectivity index (χ2n) is 17.4. The Bertz CT molecular complexity index is 2360. The number of piperidine rings is 1. The Morgan fingerprint density at radius 1 is 0.931 bits per heavy atom. The minimum absolute atomic E-state index is 0.0608. The van der Waals surface area contributed by atoms with Crippen LogP contribution < -0.4 is 9.91 Å². The monoisotopic (exact) mass is 794 g/mol. The predicted octanol–water partition coefficient (Wildman–Crippen LogP) is 6.40. The van der Waals surface area contributed by atoms with Crippen LogP contribution in [0.1, 0.15) is 115 Å². The molecule has 0 spiro atoms. The highest BCUT2D eigenvalue weighted by Gasteiger charge is 2.46. The van der Waals surface area contributed by atoms with Crippen molar-refractivity contribution in [1.82, 2.24) is 44.6 Å². The summed E-state index contributed by atoms with van der Waals surface area (Å²) in [6, 6.07) is 8.87. The molecule has 4 bridgehead atoms. The van der Waals surface area contributed by atoms with Crippen LogP contribution in [0.4, 0.5) is 4.39 Å². The summed E-state index contributed by atoms with van der Waals surface area (Å²) in [6.45, 7) is 6.14. The summed E-state index contributed by atoms with van der Waals surface area (Å²) >= 11 is 0. The number of ketones is 1. The number of halogens is 1. The van der Waals surface area contributed by atoms with Gasteiger partial charge in [-0.3, -0.25) is 19.1 Å². The van der Waals surface area contributed by atoms with Crippen LogP contribution in [0.3, 0.4) is 0 Å². The summed E-state index contributed by atoms with van der Waals surface area (Å²) < 4.78 is 24.5. The van der Waals surface area contributed by atoms with Crippen LogP contribution in [-0.2, 0) is 43.5 Å². The molecular weight excluding hydrogens is 742 g/mol. The first-order chi connectivity index (χ1) is 27.9. The molecule has 0 atom stereocenters. The van der Waals surface area contributed by atoms with Crippen molar-refractivity contribution in [2.45, 2.75) is 129 Å². The molecule has 1 saturated heterocycles. The van der Waals surface area contributed by atoms with E-state index >= 15 is 4.39 Å². The second kappa shape index (κ2) is 16.1. The summed E-state index contributed by atoms with van der Waals surface area (Å²) in [5, 5.41) is 22.1. The number of Topliss-reactive ketones (excluding diaryl/α,β-unsaturated/α-hetero) is 1. The number of nitrogens with zero attached hydrogens (tertiary/aromatic N) is 8. The highest BCUT2D eigenvalue weighted by molar-refractivity contribution is 6.00. The molecule has 5 aromatic rings. The molecule has 3 aromatic heterocycles. The molecule has 2 amide bonds. The highest BCUT2D eigenvalue weighted by atomic mass is 19.1. The Balaban J connectivity index is 1.03. The molecule has 1 saturated carbocycles. The van der Waals surface area contributed by atoms with Crippen molar-refractivity contribution in [3.63, 3.8) is 0 Å². The van der Waals surface area contributed by atoms with Crippen LogP contribution in [-0.4, -0.2) is 76.9 Å². The van der Waals surface area contributed by atoms with Gasteiger partial charge in [-0.2, -0.15) is 5.10 Å². The lowest BCUT2D eigenvalue weighted by molar-refractivity contribution is -0.155. The highest BCUT2D eigenvalue weighted by Crippen LogP contribution is 2.42. The van der Waals surface area contributed by atoms with E-state index in [9.17, 15) is 19.2 Å². The van der Waals surface area contributed by atoms with Gasteiger partial charge in [0, 0.05) is 47.9 Å². The number of fused-ring (bicyclic) bond motifs is 2. The smallest absolute Gasteiger partial charge is 0.340 e. The van der Waals surface area contributed by atoms with Gasteiger partial charge < -0.3 is 10.1 Å². The fraction of sp³-hybridized carbons (Fsp3) is 0.535. The maximum absolute atomic E-state index is 16.2. The van der Waals surface area contributed by atoms with E-state index in [0.29, 0.717) is 71.5 Å². The van der Waals surface area contributed by atoms with Gasteiger partial charge in [-0.25, -0.2) is 13.9 Å². The molecule has 58 heavy (non-hydrogen) atoms. The third kappa shape index (κ3) is 8.18. The lowest BCUT2D eigenvalue weighted by Crippen LogP contribution is -2.65. The van der Waals surface area contributed by atoms with Gasteiger partial charge in [-0.05, 0) is 50.5 Å². The molecule has 3 aliphatic heterocycles. The van der Waals surface area contributed by atoms with Crippen LogP contribution in [0, 0.1) is 11.7 Å². The van der Waals surface area contributed by atoms with Crippen molar-refractivity contribution >= 4 is 45.4 Å². The SMILES string of the molecule is CC(C)(C)OC(=O)Cn1cc(CNC(=O)Cn2nc3c4c(cccc42)-c2cc4c(cnn4[N+]4(C(=O)CCC(=O)CC5CCCCCCC5)CCC3CC4)cc2F)nn1. The van der Waals surface area contributed by atoms with Crippen LogP contribution in [0.2, 0.25) is 0 Å². The van der Waals surface area contributed by atoms with E-state index < -0.39 is 17.4 Å². The molecule has 4 aliphatic rings. The van der Waals surface area contributed by atoms with Crippen molar-refractivity contribution in [2.75, 3.05) is 13.1 Å². The lowest BCUT2D eigenvalue weighted by atomic mass is 9.87. The molecule has 2 aromatic carbocycles. The molecule has 14 nitrogen and oxygen atoms in total. The third-order valence-electron chi connectivity index (χ3n) is 12.1. The van der Waals surface area contributed by atoms with Gasteiger partial charge in [0.25, 0.3) is 0 Å². The zero-order valence-corrected chi connectivity index (χ0v) is 33.7. The van der Waals surface area contributed by atoms with Gasteiger partial charge in [0.15, 0.2) is 0 Å². The van der Waals surface area contributed by atoms with E-state index in [1.54, 1.807) is 48.7 Å². The third-order valence-corrected chi connectivity index (χ3v) is 12.1. The molecule has 9 rings (SSSR count). The molecule has 0 unspecified atom stereocenters. The van der Waals surface area contributed by atoms with Gasteiger partial charge >= 0.3 is 11.9 Å². The van der Waals surface area contributed by atoms with Gasteiger partial charge in [-0.1, -0.05) is 67.1 Å². The number of ether oxygens (including phenoxy) is 1. The largest absolute Gasteiger partial charge is 0.459 e. The lowest BCUT2D eigenvalue weighted by Gasteiger charge is -2.39. The Morgan fingerprint density at radius 3 is 2.45 bits per heavy atom. The van der Waals surface area contributed by atoms with E-state index in [0.717, 1.165) is 23.9 Å². The Hall–Kier alpha value is -5.31. The topological polar surface area (TPSA) is 156 Å². The summed E-state index contributed by atoms with van der Waals surface area (Å²) in [6.07, 6.45) is 13.5. The molecule has 1 aliphatic carbocycles. The van der Waals surface area contributed by atoms with Crippen molar-refractivity contribution in [1.29, 1.82) is 0 Å². The van der Waals surface area contributed by atoms with Gasteiger partial charge in [0.1, 0.15) is 54.6 Å². The Morgan fingerprint density at radius 2 is 1.69 bits per heavy atom. The number of hydrogen-bond donors (Lipinski definition) is 1. The molecule has 15 heteroatoms. The van der Waals surface area contributed by atoms with E-state index in [1.165, 1.54) is 42.9 Å². The average molecular weight is 795 g/mol. The van der Waals surface area contributed by atoms with E-state index in [1.807, 2.05) is 18.2 Å². The van der Waals surface area contributed by atoms with E-state index in [4.69, 9.17) is 14.9 Å². The number of benzene rings is 2. The molecule has 0 radical (unpaired) electrons. The minimum atomic E-state index is -0.623. The van der Waals surface area contributed by atoms with Gasteiger partial charge in [0.2, 0.25) is 5.91 Å². The predicted molar refractivity (Wildman–Crippen MR) is 215 cm³/mol. The van der Waals surface area contributed by atoms with Gasteiger partial charge in [-0.15, -0.1) is 14.8 Å². The molecule has 306 valence electrons. The fourth-order valence-corrected chi connectivity index (χ4v) is 9.25. The summed E-state index contributed by atoms with van der Waals surface area (Å²) in [4.78, 5) is 55.2. The number of amides is 2. The number of quaternary nitrogens is 1. The van der Waals surface area contributed by atoms with E-state index in [-0.39, 0.29) is 60.6 Å². The molecule has 1 N–H and O–H groups in total. The summed E-state index contributed by atoms with van der Waals surface area (Å²) in [5.74, 6) is -0.758. The van der Waals surface area contributed by atoms with E-state index in [2.05, 4.69) is 15.6 Å². The first-order valence-electron chi connectivity index (χ1n) is 20.8. The standard InChI is InChI=1S/C43H52FN9O5/c1-43(2,3)58-40(57)27-50-25-31(47-49-50)24-45-38(55)26-51-36-13-9-12-33-34-22-37-30(21-35(34)44)23-46-52(37)53(18-16-29(17-19-53)42(48-51)41(33)36)39(56)15-14-32(54)20-28-10-7-5-4-6-8-11-28/h9,12-13,21-23,25,28-29H,4-8,10-11,14-20,24,26-27H2,1-3H3/p+1. The number of hydrogen-bond acceptors (Lipinski definition) is 9. The maximum atomic E-state index is 16.2. The number of rotatable bonds is 11. The van der Waals surface area contributed by atoms with Crippen molar-refractivity contribution < 1.29 is 28.3 Å². The van der Waals surface area contributed by atoms with Crippen LogP contribution >= 0.6 is 0 Å². The zero-order chi connectivity index (χ0) is 40.6. The second-order valence-corrected chi connectivity index (χ2v) is 17.4. The molecule has 2 fully saturated rings. The fourth-order valence-electron chi connectivity index (χ4n) is 9.25.